The Hall–Kier alpha value is -2.40. The van der Waals surface area contributed by atoms with E-state index in [-0.39, 0.29) is 11.2 Å². The maximum Gasteiger partial charge on any atom is 0.239 e. The van der Waals surface area contributed by atoms with Crippen LogP contribution < -0.4 is 5.32 Å². The molecular weight excluding hydrogens is 306 g/mol. The molecule has 0 unspecified atom stereocenters. The van der Waals surface area contributed by atoms with Crippen LogP contribution in [0.5, 0.6) is 0 Å². The molecule has 0 radical (unpaired) electrons. The third-order valence-corrected chi connectivity index (χ3v) is 4.51. The number of hydrogen-bond acceptors (Lipinski definition) is 4. The number of amides is 1. The van der Waals surface area contributed by atoms with Gasteiger partial charge in [0.15, 0.2) is 5.17 Å². The summed E-state index contributed by atoms with van der Waals surface area (Å²) in [7, 11) is 0. The van der Waals surface area contributed by atoms with E-state index in [2.05, 4.69) is 34.6 Å². The number of benzene rings is 2. The van der Waals surface area contributed by atoms with Crippen LogP contribution in [0.4, 0.5) is 0 Å². The van der Waals surface area contributed by atoms with Crippen LogP contribution in [0.2, 0.25) is 0 Å². The Labute approximate surface area is 139 Å². The molecule has 1 aliphatic heterocycles. The molecule has 1 aliphatic rings. The molecule has 2 aromatic rings. The molecule has 0 bridgehead atoms. The highest BCUT2D eigenvalue weighted by Gasteiger charge is 2.30. The van der Waals surface area contributed by atoms with Crippen molar-refractivity contribution in [2.45, 2.75) is 18.6 Å². The zero-order valence-corrected chi connectivity index (χ0v) is 13.6. The van der Waals surface area contributed by atoms with E-state index < -0.39 is 0 Å². The second-order valence-electron chi connectivity index (χ2n) is 5.35. The molecule has 1 heterocycles. The Morgan fingerprint density at radius 1 is 1.17 bits per heavy atom. The molecule has 1 fully saturated rings. The minimum atomic E-state index is -0.150. The summed E-state index contributed by atoms with van der Waals surface area (Å²) < 4.78 is 0. The number of hydrogen-bond donors (Lipinski definition) is 1. The Morgan fingerprint density at radius 3 is 2.78 bits per heavy atom. The van der Waals surface area contributed by atoms with Crippen molar-refractivity contribution in [1.29, 1.82) is 0 Å². The number of nitrogens with one attached hydrogen (secondary N) is 1. The van der Waals surface area contributed by atoms with Crippen LogP contribution in [-0.2, 0) is 11.2 Å². The zero-order valence-electron chi connectivity index (χ0n) is 12.8. The van der Waals surface area contributed by atoms with Crippen LogP contribution in [0.25, 0.3) is 0 Å². The number of thioether (sulfide) groups is 1. The molecule has 5 heteroatoms. The summed E-state index contributed by atoms with van der Waals surface area (Å²) in [5.41, 5.74) is 3.33. The molecule has 1 atom stereocenters. The van der Waals surface area contributed by atoms with Crippen LogP contribution in [0.15, 0.2) is 64.8 Å². The van der Waals surface area contributed by atoms with E-state index in [1.165, 1.54) is 17.3 Å². The van der Waals surface area contributed by atoms with E-state index in [0.717, 1.165) is 11.1 Å². The number of amidine groups is 1. The van der Waals surface area contributed by atoms with E-state index in [1.54, 1.807) is 6.21 Å². The topological polar surface area (TPSA) is 53.8 Å². The number of carbonyl (C=O) groups excluding carboxylic acids is 1. The minimum absolute atomic E-state index is 0.00910. The monoisotopic (exact) mass is 323 g/mol. The van der Waals surface area contributed by atoms with E-state index >= 15 is 0 Å². The van der Waals surface area contributed by atoms with Gasteiger partial charge in [-0.25, -0.2) is 0 Å². The lowest BCUT2D eigenvalue weighted by molar-refractivity contribution is -0.118. The zero-order chi connectivity index (χ0) is 16.1. The van der Waals surface area contributed by atoms with Gasteiger partial charge in [0, 0.05) is 0 Å². The van der Waals surface area contributed by atoms with Gasteiger partial charge < -0.3 is 5.32 Å². The highest BCUT2D eigenvalue weighted by molar-refractivity contribution is 8.15. The first-order chi connectivity index (χ1) is 11.2. The molecule has 0 aliphatic carbocycles. The molecule has 0 spiro atoms. The first kappa shape index (κ1) is 15.5. The lowest BCUT2D eigenvalue weighted by atomic mass is 10.1. The highest BCUT2D eigenvalue weighted by Crippen LogP contribution is 2.23. The van der Waals surface area contributed by atoms with Gasteiger partial charge in [-0.2, -0.15) is 5.10 Å². The van der Waals surface area contributed by atoms with Crippen LogP contribution in [-0.4, -0.2) is 22.5 Å². The number of rotatable bonds is 4. The summed E-state index contributed by atoms with van der Waals surface area (Å²) in [5, 5.41) is 11.3. The van der Waals surface area contributed by atoms with Crippen molar-refractivity contribution >= 4 is 29.1 Å². The smallest absolute Gasteiger partial charge is 0.239 e. The maximum atomic E-state index is 12.0. The van der Waals surface area contributed by atoms with Gasteiger partial charge in [0.1, 0.15) is 0 Å². The molecule has 0 saturated carbocycles. The van der Waals surface area contributed by atoms with Crippen LogP contribution in [0.3, 0.4) is 0 Å². The third-order valence-electron chi connectivity index (χ3n) is 3.43. The van der Waals surface area contributed by atoms with Crippen LogP contribution in [0, 0.1) is 6.92 Å². The Kier molecular flexibility index (Phi) is 4.88. The van der Waals surface area contributed by atoms with Crippen molar-refractivity contribution in [3.05, 3.63) is 71.3 Å². The normalized spacial score (nSPS) is 19.4. The van der Waals surface area contributed by atoms with E-state index in [9.17, 15) is 4.79 Å². The molecule has 1 amide bonds. The van der Waals surface area contributed by atoms with Crippen molar-refractivity contribution in [3.8, 4) is 0 Å². The molecule has 23 heavy (non-hydrogen) atoms. The van der Waals surface area contributed by atoms with Gasteiger partial charge in [-0.05, 0) is 24.5 Å². The van der Waals surface area contributed by atoms with Crippen molar-refractivity contribution in [2.75, 3.05) is 0 Å². The largest absolute Gasteiger partial charge is 0.303 e. The second-order valence-corrected chi connectivity index (χ2v) is 6.54. The van der Waals surface area contributed by atoms with Crippen LogP contribution in [0.1, 0.15) is 16.7 Å². The van der Waals surface area contributed by atoms with E-state index in [1.807, 2.05) is 42.5 Å². The lowest BCUT2D eigenvalue weighted by Crippen LogP contribution is -2.25. The van der Waals surface area contributed by atoms with E-state index in [4.69, 9.17) is 0 Å². The summed E-state index contributed by atoms with van der Waals surface area (Å²) in [6.07, 6.45) is 2.37. The number of carbonyl (C=O) groups is 1. The van der Waals surface area contributed by atoms with Crippen molar-refractivity contribution in [1.82, 2.24) is 5.32 Å². The standard InChI is InChI=1S/C18H17N3OS/c1-13-6-5-9-15(10-13)11-16-17(22)20-18(23-16)21-19-12-14-7-3-2-4-8-14/h2-10,12,16H,11H2,1H3,(H,20,21,22)/b19-12-/t16-/m0/s1. The second kappa shape index (κ2) is 7.24. The fourth-order valence-electron chi connectivity index (χ4n) is 2.33. The first-order valence-corrected chi connectivity index (χ1v) is 8.28. The summed E-state index contributed by atoms with van der Waals surface area (Å²) in [4.78, 5) is 12.0. The van der Waals surface area contributed by atoms with Crippen LogP contribution >= 0.6 is 11.8 Å². The Bertz CT molecular complexity index is 756. The van der Waals surface area contributed by atoms with Gasteiger partial charge in [-0.1, -0.05) is 71.9 Å². The molecule has 3 rings (SSSR count). The van der Waals surface area contributed by atoms with Gasteiger partial charge in [0.25, 0.3) is 0 Å². The summed E-state index contributed by atoms with van der Waals surface area (Å²) in [6, 6.07) is 18.0. The fraction of sp³-hybridized carbons (Fsp3) is 0.167. The molecule has 1 saturated heterocycles. The van der Waals surface area contributed by atoms with Crippen molar-refractivity contribution in [2.24, 2.45) is 10.2 Å². The predicted octanol–water partition coefficient (Wildman–Crippen LogP) is 3.16. The molecule has 2 aromatic carbocycles. The predicted molar refractivity (Wildman–Crippen MR) is 95.9 cm³/mol. The van der Waals surface area contributed by atoms with Gasteiger partial charge >= 0.3 is 0 Å². The van der Waals surface area contributed by atoms with Gasteiger partial charge in [0.05, 0.1) is 11.5 Å². The van der Waals surface area contributed by atoms with Crippen molar-refractivity contribution < 1.29 is 4.79 Å². The minimum Gasteiger partial charge on any atom is -0.303 e. The molecule has 4 nitrogen and oxygen atoms in total. The maximum absolute atomic E-state index is 12.0. The van der Waals surface area contributed by atoms with E-state index in [0.29, 0.717) is 11.6 Å². The Balaban J connectivity index is 1.63. The quantitative estimate of drug-likeness (QED) is 0.694. The average molecular weight is 323 g/mol. The van der Waals surface area contributed by atoms with Gasteiger partial charge in [0.2, 0.25) is 5.91 Å². The number of aryl methyl sites for hydroxylation is 1. The Morgan fingerprint density at radius 2 is 2.00 bits per heavy atom. The molecular formula is C18H17N3OS. The van der Waals surface area contributed by atoms with Crippen molar-refractivity contribution in [3.63, 3.8) is 0 Å². The molecule has 116 valence electrons. The number of nitrogens with zero attached hydrogens (tertiary/aromatic N) is 2. The first-order valence-electron chi connectivity index (χ1n) is 7.40. The third kappa shape index (κ3) is 4.29. The summed E-state index contributed by atoms with van der Waals surface area (Å²) >= 11 is 1.43. The summed E-state index contributed by atoms with van der Waals surface area (Å²) in [5.74, 6) is -0.00910. The fourth-order valence-corrected chi connectivity index (χ4v) is 3.29. The average Bonchev–Trinajstić information content (AvgIpc) is 2.88. The summed E-state index contributed by atoms with van der Waals surface area (Å²) in [6.45, 7) is 2.05. The molecule has 0 aromatic heterocycles. The molecule has 1 N–H and O–H groups in total. The SMILES string of the molecule is Cc1cccc(C[C@@H]2S/C(=N/N=C\c3ccccc3)NC2=O)c1. The van der Waals surface area contributed by atoms with Gasteiger partial charge in [-0.3, -0.25) is 4.79 Å². The highest BCUT2D eigenvalue weighted by atomic mass is 32.2. The lowest BCUT2D eigenvalue weighted by Gasteiger charge is -2.05. The van der Waals surface area contributed by atoms with Gasteiger partial charge in [-0.15, -0.1) is 5.10 Å².